The molecule has 0 bridgehead atoms. The Morgan fingerprint density at radius 1 is 0.912 bits per heavy atom. The number of aromatic nitrogens is 5. The highest BCUT2D eigenvalue weighted by molar-refractivity contribution is 6.03. The van der Waals surface area contributed by atoms with Crippen molar-refractivity contribution in [1.82, 2.24) is 24.7 Å². The monoisotopic (exact) mass is 450 g/mol. The molecule has 0 aliphatic heterocycles. The molecular weight excluding hydrogens is 424 g/mol. The summed E-state index contributed by atoms with van der Waals surface area (Å²) in [6, 6.07) is 16.1. The number of carbonyl (C=O) groups is 1. The average molecular weight is 451 g/mol. The van der Waals surface area contributed by atoms with Crippen LogP contribution >= 0.6 is 0 Å². The summed E-state index contributed by atoms with van der Waals surface area (Å²) in [5, 5.41) is 11.5. The zero-order valence-corrected chi connectivity index (χ0v) is 18.9. The molecule has 2 fully saturated rings. The van der Waals surface area contributed by atoms with Crippen LogP contribution < -0.4 is 5.32 Å². The Bertz CT molecular complexity index is 1320. The number of nitrogens with zero attached hydrogens (tertiary/aromatic N) is 5. The van der Waals surface area contributed by atoms with Gasteiger partial charge in [-0.1, -0.05) is 31.0 Å². The maximum Gasteiger partial charge on any atom is 0.274 e. The van der Waals surface area contributed by atoms with E-state index in [2.05, 4.69) is 42.2 Å². The van der Waals surface area contributed by atoms with Crippen molar-refractivity contribution >= 4 is 11.6 Å². The first-order valence-corrected chi connectivity index (χ1v) is 12.0. The summed E-state index contributed by atoms with van der Waals surface area (Å²) in [5.74, 6) is 1.21. The molecule has 2 saturated carbocycles. The zero-order valence-electron chi connectivity index (χ0n) is 18.9. The van der Waals surface area contributed by atoms with E-state index in [4.69, 9.17) is 0 Å². The molecule has 3 heterocycles. The standard InChI is InChI=1S/C27H26N6O/c34-27(25-15-19(12-13-28-25)21-10-11-24(29-16-21)18-8-9-18)31-22-5-3-4-20(14-22)26-32-30-17-33(26)23-6-1-2-7-23/h3-5,10-18,23H,1-2,6-9H2,(H,31,34). The van der Waals surface area contributed by atoms with E-state index in [0.717, 1.165) is 41.1 Å². The topological polar surface area (TPSA) is 85.6 Å². The van der Waals surface area contributed by atoms with Crippen LogP contribution in [0.15, 0.2) is 67.3 Å². The van der Waals surface area contributed by atoms with E-state index in [1.807, 2.05) is 48.9 Å². The minimum atomic E-state index is -0.251. The van der Waals surface area contributed by atoms with Gasteiger partial charge in [-0.15, -0.1) is 10.2 Å². The summed E-state index contributed by atoms with van der Waals surface area (Å²) in [6.45, 7) is 0. The molecule has 2 aliphatic carbocycles. The lowest BCUT2D eigenvalue weighted by atomic mass is 10.1. The molecule has 7 nitrogen and oxygen atoms in total. The van der Waals surface area contributed by atoms with Gasteiger partial charge in [-0.05, 0) is 61.6 Å². The number of hydrogen-bond donors (Lipinski definition) is 1. The third-order valence-electron chi connectivity index (χ3n) is 6.78. The highest BCUT2D eigenvalue weighted by atomic mass is 16.1. The van der Waals surface area contributed by atoms with Crippen LogP contribution in [0.3, 0.4) is 0 Å². The van der Waals surface area contributed by atoms with Crippen molar-refractivity contribution in [2.24, 2.45) is 0 Å². The van der Waals surface area contributed by atoms with Crippen LogP contribution in [0.5, 0.6) is 0 Å². The SMILES string of the molecule is O=C(Nc1cccc(-c2nncn2C2CCCC2)c1)c1cc(-c2ccc(C3CC3)nc2)ccn1. The minimum Gasteiger partial charge on any atom is -0.321 e. The summed E-state index contributed by atoms with van der Waals surface area (Å²) < 4.78 is 2.17. The van der Waals surface area contributed by atoms with Crippen LogP contribution in [-0.2, 0) is 0 Å². The molecule has 0 unspecified atom stereocenters. The van der Waals surface area contributed by atoms with Crippen LogP contribution in [-0.4, -0.2) is 30.6 Å². The zero-order chi connectivity index (χ0) is 22.9. The average Bonchev–Trinajstić information content (AvgIpc) is 3.36. The Labute approximate surface area is 198 Å². The molecule has 1 amide bonds. The smallest absolute Gasteiger partial charge is 0.274 e. The van der Waals surface area contributed by atoms with Gasteiger partial charge in [0.1, 0.15) is 12.0 Å². The van der Waals surface area contributed by atoms with Crippen LogP contribution in [0.2, 0.25) is 0 Å². The van der Waals surface area contributed by atoms with Crippen molar-refractivity contribution in [3.63, 3.8) is 0 Å². The minimum absolute atomic E-state index is 0.251. The molecule has 1 N–H and O–H groups in total. The lowest BCUT2D eigenvalue weighted by molar-refractivity contribution is 0.102. The van der Waals surface area contributed by atoms with Gasteiger partial charge in [0.25, 0.3) is 5.91 Å². The number of pyridine rings is 2. The van der Waals surface area contributed by atoms with Crippen molar-refractivity contribution in [2.75, 3.05) is 5.32 Å². The molecule has 1 aromatic carbocycles. The summed E-state index contributed by atoms with van der Waals surface area (Å²) >= 11 is 0. The number of benzene rings is 1. The van der Waals surface area contributed by atoms with Crippen LogP contribution in [0.4, 0.5) is 5.69 Å². The molecule has 6 rings (SSSR count). The number of hydrogen-bond acceptors (Lipinski definition) is 5. The second-order valence-corrected chi connectivity index (χ2v) is 9.21. The van der Waals surface area contributed by atoms with E-state index in [1.54, 1.807) is 6.20 Å². The Morgan fingerprint density at radius 2 is 1.79 bits per heavy atom. The third-order valence-corrected chi connectivity index (χ3v) is 6.78. The van der Waals surface area contributed by atoms with Crippen molar-refractivity contribution in [1.29, 1.82) is 0 Å². The fraction of sp³-hybridized carbons (Fsp3) is 0.296. The molecular formula is C27H26N6O. The van der Waals surface area contributed by atoms with E-state index >= 15 is 0 Å². The van der Waals surface area contributed by atoms with Crippen molar-refractivity contribution in [3.05, 3.63) is 78.6 Å². The Balaban J connectivity index is 1.20. The molecule has 0 radical (unpaired) electrons. The van der Waals surface area contributed by atoms with Gasteiger partial charge in [0.05, 0.1) is 0 Å². The van der Waals surface area contributed by atoms with E-state index in [0.29, 0.717) is 23.3 Å². The normalized spacial score (nSPS) is 16.0. The number of nitrogens with one attached hydrogen (secondary N) is 1. The van der Waals surface area contributed by atoms with E-state index in [-0.39, 0.29) is 5.91 Å². The van der Waals surface area contributed by atoms with Gasteiger partial charge in [0, 0.05) is 46.9 Å². The number of carbonyl (C=O) groups excluding carboxylic acids is 1. The molecule has 0 spiro atoms. The Morgan fingerprint density at radius 3 is 2.59 bits per heavy atom. The van der Waals surface area contributed by atoms with Gasteiger partial charge in [0.2, 0.25) is 0 Å². The maximum absolute atomic E-state index is 13.0. The third kappa shape index (κ3) is 4.21. The van der Waals surface area contributed by atoms with Gasteiger partial charge in [-0.2, -0.15) is 0 Å². The summed E-state index contributed by atoms with van der Waals surface area (Å²) in [6.07, 6.45) is 12.6. The van der Waals surface area contributed by atoms with Crippen LogP contribution in [0.25, 0.3) is 22.5 Å². The molecule has 0 saturated heterocycles. The van der Waals surface area contributed by atoms with Gasteiger partial charge in [-0.3, -0.25) is 14.8 Å². The Kier molecular flexibility index (Phi) is 5.37. The second kappa shape index (κ2) is 8.82. The molecule has 170 valence electrons. The van der Waals surface area contributed by atoms with Gasteiger partial charge in [0.15, 0.2) is 5.82 Å². The first-order chi connectivity index (χ1) is 16.7. The van der Waals surface area contributed by atoms with E-state index < -0.39 is 0 Å². The van der Waals surface area contributed by atoms with E-state index in [1.165, 1.54) is 25.7 Å². The first kappa shape index (κ1) is 20.7. The van der Waals surface area contributed by atoms with Crippen LogP contribution in [0.1, 0.15) is 66.7 Å². The largest absolute Gasteiger partial charge is 0.321 e. The van der Waals surface area contributed by atoms with E-state index in [9.17, 15) is 4.79 Å². The number of rotatable bonds is 6. The predicted molar refractivity (Wildman–Crippen MR) is 130 cm³/mol. The van der Waals surface area contributed by atoms with Gasteiger partial charge >= 0.3 is 0 Å². The first-order valence-electron chi connectivity index (χ1n) is 12.0. The molecule has 7 heteroatoms. The molecule has 34 heavy (non-hydrogen) atoms. The summed E-state index contributed by atoms with van der Waals surface area (Å²) in [5.41, 5.74) is 5.06. The highest BCUT2D eigenvalue weighted by Gasteiger charge is 2.24. The lowest BCUT2D eigenvalue weighted by Gasteiger charge is -2.14. The lowest BCUT2D eigenvalue weighted by Crippen LogP contribution is -2.13. The molecule has 2 aliphatic rings. The molecule has 0 atom stereocenters. The fourth-order valence-corrected chi connectivity index (χ4v) is 4.76. The number of anilines is 1. The molecule has 3 aromatic heterocycles. The fourth-order valence-electron chi connectivity index (χ4n) is 4.76. The number of amides is 1. The van der Waals surface area contributed by atoms with Crippen molar-refractivity contribution in [2.45, 2.75) is 50.5 Å². The maximum atomic E-state index is 13.0. The van der Waals surface area contributed by atoms with Gasteiger partial charge < -0.3 is 9.88 Å². The van der Waals surface area contributed by atoms with Crippen LogP contribution in [0, 0.1) is 0 Å². The predicted octanol–water partition coefficient (Wildman–Crippen LogP) is 5.65. The van der Waals surface area contributed by atoms with Crippen molar-refractivity contribution in [3.8, 4) is 22.5 Å². The van der Waals surface area contributed by atoms with Gasteiger partial charge in [-0.25, -0.2) is 0 Å². The summed E-state index contributed by atoms with van der Waals surface area (Å²) in [4.78, 5) is 21.9. The summed E-state index contributed by atoms with van der Waals surface area (Å²) in [7, 11) is 0. The Hall–Kier alpha value is -3.87. The van der Waals surface area contributed by atoms with Crippen molar-refractivity contribution < 1.29 is 4.79 Å². The molecule has 4 aromatic rings. The quantitative estimate of drug-likeness (QED) is 0.410. The highest BCUT2D eigenvalue weighted by Crippen LogP contribution is 2.39. The second-order valence-electron chi connectivity index (χ2n) is 9.21.